The van der Waals surface area contributed by atoms with Crippen molar-refractivity contribution in [2.75, 3.05) is 0 Å². The highest BCUT2D eigenvalue weighted by Crippen LogP contribution is 2.23. The van der Waals surface area contributed by atoms with Crippen molar-refractivity contribution in [1.82, 2.24) is 4.98 Å². The summed E-state index contributed by atoms with van der Waals surface area (Å²) >= 11 is -0.116. The highest BCUT2D eigenvalue weighted by Gasteiger charge is 2.11. The Morgan fingerprint density at radius 3 is 2.87 bits per heavy atom. The zero-order valence-corrected chi connectivity index (χ0v) is 10.3. The molecule has 78 valence electrons. The number of aromatic nitrogens is 1. The van der Waals surface area contributed by atoms with E-state index in [1.165, 1.54) is 12.3 Å². The van der Waals surface area contributed by atoms with Crippen LogP contribution >= 0.6 is 22.6 Å². The highest BCUT2D eigenvalue weighted by atomic mass is 127. The molecule has 6 heteroatoms. The lowest BCUT2D eigenvalue weighted by Gasteiger charge is -2.03. The molecule has 0 amide bonds. The minimum absolute atomic E-state index is 0.121. The van der Waals surface area contributed by atoms with E-state index in [9.17, 15) is 8.60 Å². The maximum atomic E-state index is 13.3. The number of hydrogen-bond acceptors (Lipinski definition) is 2. The first-order valence-electron chi connectivity index (χ1n) is 3.94. The van der Waals surface area contributed by atoms with E-state index in [0.717, 1.165) is 9.64 Å². The summed E-state index contributed by atoms with van der Waals surface area (Å²) in [5.41, 5.74) is 0.121. The third-order valence-corrected chi connectivity index (χ3v) is 3.24. The van der Waals surface area contributed by atoms with Gasteiger partial charge in [-0.05, 0) is 40.8 Å². The molecule has 0 aliphatic rings. The van der Waals surface area contributed by atoms with Gasteiger partial charge in [-0.15, -0.1) is 0 Å². The minimum Gasteiger partial charge on any atom is -0.302 e. The second-order valence-corrected chi connectivity index (χ2v) is 5.03. The predicted molar refractivity (Wildman–Crippen MR) is 63.5 cm³/mol. The Balaban J connectivity index is 2.90. The Bertz CT molecular complexity index is 561. The van der Waals surface area contributed by atoms with Crippen LogP contribution in [0.15, 0.2) is 29.3 Å². The van der Waals surface area contributed by atoms with Crippen LogP contribution in [0, 0.1) is 9.39 Å². The van der Waals surface area contributed by atoms with Crippen molar-refractivity contribution in [2.24, 2.45) is 0 Å². The lowest BCUT2D eigenvalue weighted by molar-refractivity contribution is 0.565. The van der Waals surface area contributed by atoms with Crippen LogP contribution in [-0.4, -0.2) is 13.7 Å². The fraction of sp³-hybridized carbons (Fsp3) is 0. The van der Waals surface area contributed by atoms with Gasteiger partial charge in [0, 0.05) is 15.2 Å². The van der Waals surface area contributed by atoms with Gasteiger partial charge in [-0.3, -0.25) is 4.98 Å². The average molecular weight is 337 g/mol. The lowest BCUT2D eigenvalue weighted by atomic mass is 10.2. The molecule has 2 rings (SSSR count). The number of nitrogens with zero attached hydrogens (tertiary/aromatic N) is 1. The van der Waals surface area contributed by atoms with Gasteiger partial charge in [0.1, 0.15) is 11.3 Å². The summed E-state index contributed by atoms with van der Waals surface area (Å²) in [4.78, 5) is 4.07. The van der Waals surface area contributed by atoms with Gasteiger partial charge >= 0.3 is 0 Å². The standard InChI is InChI=1S/C9H5FINO2S/c10-7-1-2-8(15(13)14)6-3-5(11)4-12-9(6)7/h1-4H,(H,13,14). The Labute approximate surface area is 101 Å². The lowest BCUT2D eigenvalue weighted by Crippen LogP contribution is -1.94. The molecule has 1 N–H and O–H groups in total. The monoisotopic (exact) mass is 337 g/mol. The van der Waals surface area contributed by atoms with Crippen molar-refractivity contribution in [1.29, 1.82) is 0 Å². The van der Waals surface area contributed by atoms with E-state index in [1.54, 1.807) is 6.07 Å². The maximum absolute atomic E-state index is 13.3. The first kappa shape index (κ1) is 10.9. The van der Waals surface area contributed by atoms with Crippen LogP contribution in [0.4, 0.5) is 4.39 Å². The summed E-state index contributed by atoms with van der Waals surface area (Å²) in [6.07, 6.45) is 1.51. The van der Waals surface area contributed by atoms with Crippen molar-refractivity contribution in [2.45, 2.75) is 4.90 Å². The van der Waals surface area contributed by atoms with E-state index in [0.29, 0.717) is 5.39 Å². The van der Waals surface area contributed by atoms with Crippen LogP contribution in [-0.2, 0) is 11.1 Å². The fourth-order valence-corrected chi connectivity index (χ4v) is 2.27. The molecule has 0 fully saturated rings. The van der Waals surface area contributed by atoms with Gasteiger partial charge < -0.3 is 4.55 Å². The minimum atomic E-state index is -2.13. The Hall–Kier alpha value is -0.600. The summed E-state index contributed by atoms with van der Waals surface area (Å²) in [5.74, 6) is -0.490. The van der Waals surface area contributed by atoms with Crippen molar-refractivity contribution < 1.29 is 13.2 Å². The van der Waals surface area contributed by atoms with E-state index in [-0.39, 0.29) is 10.4 Å². The summed E-state index contributed by atoms with van der Waals surface area (Å²) in [6.45, 7) is 0. The molecule has 0 saturated heterocycles. The molecule has 0 saturated carbocycles. The molecule has 2 aromatic rings. The summed E-state index contributed by atoms with van der Waals surface area (Å²) in [5, 5.41) is 0.378. The number of halogens is 2. The smallest absolute Gasteiger partial charge is 0.187 e. The van der Waals surface area contributed by atoms with E-state index >= 15 is 0 Å². The molecule has 1 heterocycles. The van der Waals surface area contributed by atoms with Gasteiger partial charge in [0.25, 0.3) is 0 Å². The molecule has 3 nitrogen and oxygen atoms in total. The fourth-order valence-electron chi connectivity index (χ4n) is 1.29. The van der Waals surface area contributed by atoms with Gasteiger partial charge in [0.2, 0.25) is 0 Å². The third kappa shape index (κ3) is 2.01. The molecule has 1 atom stereocenters. The highest BCUT2D eigenvalue weighted by molar-refractivity contribution is 14.1. The summed E-state index contributed by atoms with van der Waals surface area (Å²) in [7, 11) is 0. The predicted octanol–water partition coefficient (Wildman–Crippen LogP) is 2.56. The van der Waals surface area contributed by atoms with Crippen molar-refractivity contribution >= 4 is 44.6 Å². The molecular weight excluding hydrogens is 332 g/mol. The van der Waals surface area contributed by atoms with Gasteiger partial charge in [-0.25, -0.2) is 8.60 Å². The Morgan fingerprint density at radius 1 is 1.47 bits per heavy atom. The zero-order chi connectivity index (χ0) is 11.0. The van der Waals surface area contributed by atoms with Crippen LogP contribution in [0.5, 0.6) is 0 Å². The quantitative estimate of drug-likeness (QED) is 0.643. The van der Waals surface area contributed by atoms with Gasteiger partial charge in [0.05, 0.1) is 4.90 Å². The summed E-state index contributed by atoms with van der Waals surface area (Å²) in [6, 6.07) is 4.08. The molecular formula is C9H5FINO2S. The molecule has 0 aliphatic heterocycles. The van der Waals surface area contributed by atoms with Gasteiger partial charge in [-0.2, -0.15) is 0 Å². The Morgan fingerprint density at radius 2 is 2.20 bits per heavy atom. The average Bonchev–Trinajstić information content (AvgIpc) is 2.17. The molecule has 1 unspecified atom stereocenters. The first-order chi connectivity index (χ1) is 7.09. The molecule has 0 spiro atoms. The normalized spacial score (nSPS) is 13.0. The van der Waals surface area contributed by atoms with Crippen LogP contribution in [0.1, 0.15) is 0 Å². The van der Waals surface area contributed by atoms with Gasteiger partial charge in [0.15, 0.2) is 11.1 Å². The van der Waals surface area contributed by atoms with E-state index in [4.69, 9.17) is 4.55 Å². The number of hydrogen-bond donors (Lipinski definition) is 1. The summed E-state index contributed by atoms with van der Waals surface area (Å²) < 4.78 is 34.1. The van der Waals surface area contributed by atoms with Crippen molar-refractivity contribution in [3.63, 3.8) is 0 Å². The van der Waals surface area contributed by atoms with Crippen molar-refractivity contribution in [3.8, 4) is 0 Å². The molecule has 0 radical (unpaired) electrons. The number of pyridine rings is 1. The SMILES string of the molecule is O=S(O)c1ccc(F)c2ncc(I)cc12. The molecule has 0 aliphatic carbocycles. The van der Waals surface area contributed by atoms with Gasteiger partial charge in [-0.1, -0.05) is 0 Å². The van der Waals surface area contributed by atoms with Crippen LogP contribution in [0.25, 0.3) is 10.9 Å². The van der Waals surface area contributed by atoms with Crippen LogP contribution < -0.4 is 0 Å². The maximum Gasteiger partial charge on any atom is 0.187 e. The van der Waals surface area contributed by atoms with E-state index in [2.05, 4.69) is 4.98 Å². The second kappa shape index (κ2) is 4.11. The number of rotatable bonds is 1. The second-order valence-electron chi connectivity index (χ2n) is 2.84. The first-order valence-corrected chi connectivity index (χ1v) is 6.13. The molecule has 0 bridgehead atoms. The molecule has 1 aromatic carbocycles. The van der Waals surface area contributed by atoms with Crippen LogP contribution in [0.3, 0.4) is 0 Å². The Kier molecular flexibility index (Phi) is 2.98. The van der Waals surface area contributed by atoms with Crippen LogP contribution in [0.2, 0.25) is 0 Å². The number of benzene rings is 1. The van der Waals surface area contributed by atoms with Crippen molar-refractivity contribution in [3.05, 3.63) is 33.8 Å². The third-order valence-electron chi connectivity index (χ3n) is 1.92. The zero-order valence-electron chi connectivity index (χ0n) is 7.28. The topological polar surface area (TPSA) is 50.2 Å². The number of fused-ring (bicyclic) bond motifs is 1. The van der Waals surface area contributed by atoms with E-state index in [1.807, 2.05) is 22.6 Å². The largest absolute Gasteiger partial charge is 0.302 e. The molecule has 15 heavy (non-hydrogen) atoms. The van der Waals surface area contributed by atoms with E-state index < -0.39 is 16.9 Å². The molecule has 1 aromatic heterocycles.